The Hall–Kier alpha value is 0.327. The summed E-state index contributed by atoms with van der Waals surface area (Å²) in [5, 5.41) is 0. The predicted octanol–water partition coefficient (Wildman–Crippen LogP) is -0.135. The second-order valence-corrected chi connectivity index (χ2v) is 7.40. The molecule has 0 aromatic heterocycles. The van der Waals surface area contributed by atoms with Crippen molar-refractivity contribution < 1.29 is 13.3 Å². The van der Waals surface area contributed by atoms with Gasteiger partial charge in [-0.25, -0.2) is 0 Å². The van der Waals surface area contributed by atoms with E-state index in [2.05, 4.69) is 12.6 Å². The number of thiol groups is 1. The smallest absolute Gasteiger partial charge is 0.377 e. The van der Waals surface area contributed by atoms with Crippen LogP contribution in [0, 0.1) is 0 Å². The van der Waals surface area contributed by atoms with Gasteiger partial charge >= 0.3 is 8.80 Å². The first kappa shape index (κ1) is 17.3. The highest BCUT2D eigenvalue weighted by Gasteiger charge is 2.40. The number of nitrogens with two attached hydrogens (primary N) is 3. The summed E-state index contributed by atoms with van der Waals surface area (Å²) in [6.45, 7) is 0.585. The van der Waals surface area contributed by atoms with E-state index in [-0.39, 0.29) is 0 Å². The maximum atomic E-state index is 5.72. The minimum atomic E-state index is -2.67. The second kappa shape index (κ2) is 8.43. The second-order valence-electron chi connectivity index (χ2n) is 3.98. The lowest BCUT2D eigenvalue weighted by atomic mass is 10.3. The maximum absolute atomic E-state index is 5.72. The average Bonchev–Trinajstić information content (AvgIpc) is 2.28. The summed E-state index contributed by atoms with van der Waals surface area (Å²) in [5.41, 5.74) is 16.6. The van der Waals surface area contributed by atoms with Gasteiger partial charge < -0.3 is 30.5 Å². The van der Waals surface area contributed by atoms with Crippen LogP contribution in [0.3, 0.4) is 0 Å². The Morgan fingerprint density at radius 3 is 2.12 bits per heavy atom. The van der Waals surface area contributed by atoms with Crippen LogP contribution in [-0.4, -0.2) is 41.2 Å². The Kier molecular flexibility index (Phi) is 8.59. The van der Waals surface area contributed by atoms with E-state index in [0.717, 1.165) is 18.6 Å². The van der Waals surface area contributed by atoms with Gasteiger partial charge in [0.15, 0.2) is 0 Å². The molecule has 0 aliphatic rings. The summed E-state index contributed by atoms with van der Waals surface area (Å²) in [6, 6.07) is 0.504. The van der Waals surface area contributed by atoms with Crippen LogP contribution in [0.2, 0.25) is 6.04 Å². The quantitative estimate of drug-likeness (QED) is 0.192. The Morgan fingerprint density at radius 2 is 1.71 bits per heavy atom. The van der Waals surface area contributed by atoms with Crippen LogP contribution in [0.5, 0.6) is 0 Å². The van der Waals surface area contributed by atoms with Gasteiger partial charge in [-0.15, -0.1) is 0 Å². The largest absolute Gasteiger partial charge is 0.500 e. The molecule has 0 radical (unpaired) electrons. The van der Waals surface area contributed by atoms with Crippen molar-refractivity contribution in [1.29, 1.82) is 0 Å². The van der Waals surface area contributed by atoms with Gasteiger partial charge in [-0.3, -0.25) is 0 Å². The molecule has 0 rings (SSSR count). The molecule has 104 valence electrons. The molecule has 0 heterocycles. The monoisotopic (exact) mass is 283 g/mol. The molecule has 0 aliphatic carbocycles. The van der Waals surface area contributed by atoms with Crippen LogP contribution in [0.1, 0.15) is 19.3 Å². The van der Waals surface area contributed by atoms with Crippen LogP contribution in [0.15, 0.2) is 0 Å². The van der Waals surface area contributed by atoms with E-state index < -0.39 is 14.6 Å². The van der Waals surface area contributed by atoms with Gasteiger partial charge in [-0.05, 0) is 25.0 Å². The van der Waals surface area contributed by atoms with Crippen molar-refractivity contribution in [3.63, 3.8) is 0 Å². The number of unbranched alkanes of at least 4 members (excludes halogenated alkanes) is 1. The predicted molar refractivity (Wildman–Crippen MR) is 73.5 cm³/mol. The molecule has 0 atom stereocenters. The SMILES string of the molecule is CO[Si](CCC(N)(N)N)(OC)OCCCCS. The molecule has 0 saturated heterocycles. The van der Waals surface area contributed by atoms with Gasteiger partial charge in [0.1, 0.15) is 5.79 Å². The van der Waals surface area contributed by atoms with E-state index in [0.29, 0.717) is 19.1 Å². The van der Waals surface area contributed by atoms with Gasteiger partial charge in [-0.1, -0.05) is 0 Å². The fraction of sp³-hybridized carbons (Fsp3) is 1.00. The van der Waals surface area contributed by atoms with Crippen molar-refractivity contribution in [2.24, 2.45) is 17.2 Å². The zero-order valence-electron chi connectivity index (χ0n) is 10.6. The van der Waals surface area contributed by atoms with Gasteiger partial charge in [0.2, 0.25) is 0 Å². The van der Waals surface area contributed by atoms with E-state index in [4.69, 9.17) is 30.5 Å². The normalized spacial score (nSPS) is 13.1. The van der Waals surface area contributed by atoms with Crippen molar-refractivity contribution in [2.45, 2.75) is 31.1 Å². The molecule has 0 aliphatic heterocycles. The molecule has 8 heteroatoms. The summed E-state index contributed by atoms with van der Waals surface area (Å²) in [5.74, 6) is -0.376. The van der Waals surface area contributed by atoms with Crippen LogP contribution in [0.25, 0.3) is 0 Å². The molecule has 0 aromatic rings. The lowest BCUT2D eigenvalue weighted by Gasteiger charge is -2.29. The standard InChI is InChI=1S/C9H25N3O3SSi/c1-13-17(14-2,8-5-9(10,11)12)15-6-3-4-7-16/h16H,3-8,10-12H2,1-2H3. The van der Waals surface area contributed by atoms with Crippen LogP contribution in [-0.2, 0) is 13.3 Å². The highest BCUT2D eigenvalue weighted by molar-refractivity contribution is 7.80. The molecule has 0 bridgehead atoms. The summed E-state index contributed by atoms with van der Waals surface area (Å²) < 4.78 is 16.5. The fourth-order valence-corrected chi connectivity index (χ4v) is 3.66. The van der Waals surface area contributed by atoms with E-state index in [1.54, 1.807) is 14.2 Å². The molecule has 0 saturated carbocycles. The molecule has 0 amide bonds. The topological polar surface area (TPSA) is 106 Å². The average molecular weight is 283 g/mol. The lowest BCUT2D eigenvalue weighted by Crippen LogP contribution is -2.59. The molecule has 0 unspecified atom stereocenters. The molecule has 17 heavy (non-hydrogen) atoms. The molecular weight excluding hydrogens is 258 g/mol. The molecule has 6 N–H and O–H groups in total. The maximum Gasteiger partial charge on any atom is 0.500 e. The zero-order valence-corrected chi connectivity index (χ0v) is 12.5. The summed E-state index contributed by atoms with van der Waals surface area (Å²) in [4.78, 5) is 0. The van der Waals surface area contributed by atoms with Crippen LogP contribution < -0.4 is 17.2 Å². The zero-order chi connectivity index (χ0) is 13.4. The van der Waals surface area contributed by atoms with Crippen molar-refractivity contribution in [3.05, 3.63) is 0 Å². The minimum absolute atomic E-state index is 0.382. The Labute approximate surface area is 110 Å². The Morgan fingerprint density at radius 1 is 1.12 bits per heavy atom. The minimum Gasteiger partial charge on any atom is -0.377 e. The first-order valence-corrected chi connectivity index (χ1v) is 8.17. The molecular formula is C9H25N3O3SSi. The Bertz CT molecular complexity index is 200. The molecule has 0 fully saturated rings. The third kappa shape index (κ3) is 8.11. The van der Waals surface area contributed by atoms with Crippen molar-refractivity contribution >= 4 is 21.4 Å². The third-order valence-electron chi connectivity index (χ3n) is 2.36. The number of rotatable bonds is 10. The van der Waals surface area contributed by atoms with Gasteiger partial charge in [0.25, 0.3) is 0 Å². The van der Waals surface area contributed by atoms with Crippen molar-refractivity contribution in [2.75, 3.05) is 26.6 Å². The van der Waals surface area contributed by atoms with E-state index in [1.165, 1.54) is 0 Å². The fourth-order valence-electron chi connectivity index (χ4n) is 1.29. The van der Waals surface area contributed by atoms with E-state index >= 15 is 0 Å². The van der Waals surface area contributed by atoms with Gasteiger partial charge in [0, 0.05) is 26.9 Å². The summed E-state index contributed by atoms with van der Waals surface area (Å²) in [7, 11) is 0.470. The van der Waals surface area contributed by atoms with Gasteiger partial charge in [0.05, 0.1) is 0 Å². The highest BCUT2D eigenvalue weighted by Crippen LogP contribution is 2.18. The van der Waals surface area contributed by atoms with Gasteiger partial charge in [-0.2, -0.15) is 12.6 Å². The summed E-state index contributed by atoms with van der Waals surface area (Å²) in [6.07, 6.45) is 2.30. The number of hydrogen-bond donors (Lipinski definition) is 4. The third-order valence-corrected chi connectivity index (χ3v) is 5.43. The molecule has 0 aromatic carbocycles. The number of hydrogen-bond acceptors (Lipinski definition) is 7. The lowest BCUT2D eigenvalue weighted by molar-refractivity contribution is 0.0943. The van der Waals surface area contributed by atoms with Crippen molar-refractivity contribution in [3.8, 4) is 0 Å². The highest BCUT2D eigenvalue weighted by atomic mass is 32.1. The van der Waals surface area contributed by atoms with Crippen LogP contribution >= 0.6 is 12.6 Å². The molecule has 0 spiro atoms. The first-order chi connectivity index (χ1) is 7.89. The van der Waals surface area contributed by atoms with E-state index in [9.17, 15) is 0 Å². The summed E-state index contributed by atoms with van der Waals surface area (Å²) >= 11 is 4.13. The Balaban J connectivity index is 4.15. The molecule has 6 nitrogen and oxygen atoms in total. The van der Waals surface area contributed by atoms with Crippen molar-refractivity contribution in [1.82, 2.24) is 0 Å². The van der Waals surface area contributed by atoms with E-state index in [1.807, 2.05) is 0 Å². The first-order valence-electron chi connectivity index (χ1n) is 5.61. The van der Waals surface area contributed by atoms with Crippen LogP contribution in [0.4, 0.5) is 0 Å².